The summed E-state index contributed by atoms with van der Waals surface area (Å²) in [6, 6.07) is 8.53. The van der Waals surface area contributed by atoms with Gasteiger partial charge in [0.2, 0.25) is 5.75 Å². The fourth-order valence-electron chi connectivity index (χ4n) is 2.90. The van der Waals surface area contributed by atoms with Crippen molar-refractivity contribution < 1.29 is 28.6 Å². The number of urea groups is 1. The van der Waals surface area contributed by atoms with Gasteiger partial charge in [-0.3, -0.25) is 14.9 Å². The van der Waals surface area contributed by atoms with E-state index in [-0.39, 0.29) is 17.0 Å². The average Bonchev–Trinajstić information content (AvgIpc) is 2.70. The van der Waals surface area contributed by atoms with Gasteiger partial charge in [0.15, 0.2) is 11.5 Å². The molecule has 9 heteroatoms. The Labute approximate surface area is 171 Å². The summed E-state index contributed by atoms with van der Waals surface area (Å²) in [4.78, 5) is 38.5. The number of hydrogen-bond acceptors (Lipinski definition) is 6. The number of rotatable bonds is 5. The highest BCUT2D eigenvalue weighted by atomic mass is 35.5. The summed E-state index contributed by atoms with van der Waals surface area (Å²) in [7, 11) is 4.33. The fourth-order valence-corrected chi connectivity index (χ4v) is 3.09. The summed E-state index contributed by atoms with van der Waals surface area (Å²) >= 11 is 5.96. The van der Waals surface area contributed by atoms with Crippen molar-refractivity contribution in [1.82, 2.24) is 5.32 Å². The zero-order valence-corrected chi connectivity index (χ0v) is 16.6. The third-order valence-corrected chi connectivity index (χ3v) is 4.44. The number of nitrogens with one attached hydrogen (secondary N) is 1. The van der Waals surface area contributed by atoms with Crippen LogP contribution >= 0.6 is 11.6 Å². The van der Waals surface area contributed by atoms with E-state index in [0.29, 0.717) is 22.1 Å². The summed E-state index contributed by atoms with van der Waals surface area (Å²) in [5.74, 6) is -0.628. The standard InChI is InChI=1S/C20H17ClN2O6/c1-27-15-8-7-11(16(28-2)17(15)29-3)9-14-18(24)22-20(26)23(19(14)25)13-6-4-5-12(21)10-13/h4-10H,1-3H3,(H,22,24,26). The zero-order valence-electron chi connectivity index (χ0n) is 15.8. The van der Waals surface area contributed by atoms with Crippen molar-refractivity contribution in [3.63, 3.8) is 0 Å². The van der Waals surface area contributed by atoms with Gasteiger partial charge in [-0.05, 0) is 36.4 Å². The summed E-state index contributed by atoms with van der Waals surface area (Å²) < 4.78 is 15.9. The number of halogens is 1. The molecule has 0 radical (unpaired) electrons. The van der Waals surface area contributed by atoms with E-state index in [1.54, 1.807) is 24.3 Å². The van der Waals surface area contributed by atoms with Crippen LogP contribution in [0.4, 0.5) is 10.5 Å². The van der Waals surface area contributed by atoms with E-state index in [1.807, 2.05) is 0 Å². The van der Waals surface area contributed by atoms with Crippen LogP contribution in [0.2, 0.25) is 5.02 Å². The highest BCUT2D eigenvalue weighted by molar-refractivity contribution is 6.39. The molecule has 4 amide bonds. The number of barbiturate groups is 1. The quantitative estimate of drug-likeness (QED) is 0.594. The van der Waals surface area contributed by atoms with Gasteiger partial charge in [-0.25, -0.2) is 9.69 Å². The average molecular weight is 417 g/mol. The number of benzene rings is 2. The predicted molar refractivity (Wildman–Crippen MR) is 107 cm³/mol. The van der Waals surface area contributed by atoms with Crippen LogP contribution < -0.4 is 24.4 Å². The number of methoxy groups -OCH3 is 3. The minimum atomic E-state index is -0.862. The molecule has 0 aliphatic carbocycles. The molecule has 0 aromatic heterocycles. The van der Waals surface area contributed by atoms with Gasteiger partial charge in [-0.15, -0.1) is 0 Å². The normalized spacial score (nSPS) is 15.4. The Kier molecular flexibility index (Phi) is 5.74. The Morgan fingerprint density at radius 2 is 1.69 bits per heavy atom. The second-order valence-electron chi connectivity index (χ2n) is 5.86. The topological polar surface area (TPSA) is 94.2 Å². The molecular weight excluding hydrogens is 400 g/mol. The molecule has 0 unspecified atom stereocenters. The zero-order chi connectivity index (χ0) is 21.1. The molecule has 0 bridgehead atoms. The molecule has 1 fully saturated rings. The SMILES string of the molecule is COc1ccc(C=C2C(=O)NC(=O)N(c3cccc(Cl)c3)C2=O)c(OC)c1OC. The van der Waals surface area contributed by atoms with Gasteiger partial charge in [0.05, 0.1) is 27.0 Å². The van der Waals surface area contributed by atoms with Crippen molar-refractivity contribution in [3.8, 4) is 17.2 Å². The first-order valence-corrected chi connectivity index (χ1v) is 8.75. The molecular formula is C20H17ClN2O6. The van der Waals surface area contributed by atoms with E-state index in [2.05, 4.69) is 5.32 Å². The summed E-state index contributed by atoms with van der Waals surface area (Å²) in [6.07, 6.45) is 1.32. The molecule has 29 heavy (non-hydrogen) atoms. The molecule has 1 saturated heterocycles. The van der Waals surface area contributed by atoms with Crippen LogP contribution in [-0.4, -0.2) is 39.2 Å². The van der Waals surface area contributed by atoms with E-state index in [9.17, 15) is 14.4 Å². The van der Waals surface area contributed by atoms with Gasteiger partial charge in [0.1, 0.15) is 5.57 Å². The first-order chi connectivity index (χ1) is 13.9. The van der Waals surface area contributed by atoms with Gasteiger partial charge < -0.3 is 14.2 Å². The molecule has 0 atom stereocenters. The molecule has 3 rings (SSSR count). The lowest BCUT2D eigenvalue weighted by Gasteiger charge is -2.26. The maximum absolute atomic E-state index is 13.0. The molecule has 1 heterocycles. The van der Waals surface area contributed by atoms with Crippen molar-refractivity contribution in [2.75, 3.05) is 26.2 Å². The minimum Gasteiger partial charge on any atom is -0.493 e. The van der Waals surface area contributed by atoms with Crippen LogP contribution in [0.5, 0.6) is 17.2 Å². The Balaban J connectivity index is 2.10. The van der Waals surface area contributed by atoms with Crippen LogP contribution in [-0.2, 0) is 9.59 Å². The van der Waals surface area contributed by atoms with Gasteiger partial charge in [0, 0.05) is 10.6 Å². The minimum absolute atomic E-state index is 0.234. The van der Waals surface area contributed by atoms with Crippen LogP contribution in [0.25, 0.3) is 6.08 Å². The van der Waals surface area contributed by atoms with Crippen molar-refractivity contribution in [3.05, 3.63) is 52.6 Å². The van der Waals surface area contributed by atoms with Crippen LogP contribution in [0, 0.1) is 0 Å². The van der Waals surface area contributed by atoms with Crippen molar-refractivity contribution in [2.45, 2.75) is 0 Å². The number of carbonyl (C=O) groups is 3. The number of nitrogens with zero attached hydrogens (tertiary/aromatic N) is 1. The fraction of sp³-hybridized carbons (Fsp3) is 0.150. The summed E-state index contributed by atoms with van der Waals surface area (Å²) in [5.41, 5.74) is 0.372. The molecule has 0 saturated carbocycles. The lowest BCUT2D eigenvalue weighted by molar-refractivity contribution is -0.122. The second-order valence-corrected chi connectivity index (χ2v) is 6.30. The summed E-state index contributed by atoms with van der Waals surface area (Å²) in [6.45, 7) is 0. The number of carbonyl (C=O) groups excluding carboxylic acids is 3. The van der Waals surface area contributed by atoms with Crippen LogP contribution in [0.15, 0.2) is 42.0 Å². The highest BCUT2D eigenvalue weighted by Crippen LogP contribution is 2.40. The van der Waals surface area contributed by atoms with Gasteiger partial charge in [0.25, 0.3) is 11.8 Å². The van der Waals surface area contributed by atoms with Crippen molar-refractivity contribution in [1.29, 1.82) is 0 Å². The highest BCUT2D eigenvalue weighted by Gasteiger charge is 2.37. The number of amides is 4. The summed E-state index contributed by atoms with van der Waals surface area (Å²) in [5, 5.41) is 2.50. The molecule has 150 valence electrons. The molecule has 1 N–H and O–H groups in total. The Morgan fingerprint density at radius 1 is 0.966 bits per heavy atom. The number of ether oxygens (including phenoxy) is 3. The third-order valence-electron chi connectivity index (χ3n) is 4.20. The monoisotopic (exact) mass is 416 g/mol. The Morgan fingerprint density at radius 3 is 2.31 bits per heavy atom. The predicted octanol–water partition coefficient (Wildman–Crippen LogP) is 3.03. The third kappa shape index (κ3) is 3.74. The molecule has 0 spiro atoms. The number of hydrogen-bond donors (Lipinski definition) is 1. The van der Waals surface area contributed by atoms with Crippen LogP contribution in [0.1, 0.15) is 5.56 Å². The maximum Gasteiger partial charge on any atom is 0.335 e. The van der Waals surface area contributed by atoms with E-state index in [4.69, 9.17) is 25.8 Å². The lowest BCUT2D eigenvalue weighted by Crippen LogP contribution is -2.54. The van der Waals surface area contributed by atoms with Gasteiger partial charge in [-0.1, -0.05) is 17.7 Å². The van der Waals surface area contributed by atoms with E-state index >= 15 is 0 Å². The largest absolute Gasteiger partial charge is 0.493 e. The maximum atomic E-state index is 13.0. The first-order valence-electron chi connectivity index (χ1n) is 8.37. The molecule has 1 aliphatic rings. The molecule has 8 nitrogen and oxygen atoms in total. The molecule has 1 aliphatic heterocycles. The van der Waals surface area contributed by atoms with Crippen molar-refractivity contribution in [2.24, 2.45) is 0 Å². The smallest absolute Gasteiger partial charge is 0.335 e. The van der Waals surface area contributed by atoms with Crippen molar-refractivity contribution >= 4 is 41.2 Å². The molecule has 2 aromatic carbocycles. The number of imide groups is 2. The van der Waals surface area contributed by atoms with Gasteiger partial charge >= 0.3 is 6.03 Å². The van der Waals surface area contributed by atoms with Crippen LogP contribution in [0.3, 0.4) is 0 Å². The van der Waals surface area contributed by atoms with Gasteiger partial charge in [-0.2, -0.15) is 0 Å². The van der Waals surface area contributed by atoms with E-state index in [0.717, 1.165) is 4.90 Å². The molecule has 2 aromatic rings. The second kappa shape index (κ2) is 8.24. The van der Waals surface area contributed by atoms with E-state index < -0.39 is 17.8 Å². The first kappa shape index (κ1) is 20.2. The Hall–Kier alpha value is -3.52. The van der Waals surface area contributed by atoms with E-state index in [1.165, 1.54) is 39.5 Å². The Bertz CT molecular complexity index is 1030. The number of anilines is 1. The lowest BCUT2D eigenvalue weighted by atomic mass is 10.1.